The molecular formula is C11H15NO4S. The molecule has 1 aliphatic heterocycles. The first-order valence-electron chi connectivity index (χ1n) is 5.52. The van der Waals surface area contributed by atoms with Crippen LogP contribution in [0.2, 0.25) is 0 Å². The minimum absolute atomic E-state index is 0.278. The third-order valence-electron chi connectivity index (χ3n) is 3.33. The summed E-state index contributed by atoms with van der Waals surface area (Å²) >= 11 is 1.49. The van der Waals surface area contributed by atoms with Gasteiger partial charge in [-0.15, -0.1) is 11.3 Å². The Balaban J connectivity index is 2.37. The molecule has 0 amide bonds. The highest BCUT2D eigenvalue weighted by Crippen LogP contribution is 2.40. The topological polar surface area (TPSA) is 72.6 Å². The zero-order valence-corrected chi connectivity index (χ0v) is 10.5. The molecule has 1 saturated heterocycles. The standard InChI is InChI=1S/C11H15NO4S/c1-6-9(8-4-3-5-17-8)10(12(14)15)7(2)16-11(6)13/h3-7,9-11,13H,1-2H3/t6-,7+,9+,10-,11?/m1/s1. The van der Waals surface area contributed by atoms with Crippen LogP contribution in [-0.4, -0.2) is 28.5 Å². The van der Waals surface area contributed by atoms with Gasteiger partial charge >= 0.3 is 0 Å². The molecule has 1 aromatic rings. The smallest absolute Gasteiger partial charge is 0.246 e. The lowest BCUT2D eigenvalue weighted by Gasteiger charge is -2.38. The van der Waals surface area contributed by atoms with Gasteiger partial charge in [-0.05, 0) is 18.4 Å². The van der Waals surface area contributed by atoms with Crippen molar-refractivity contribution >= 4 is 11.3 Å². The fraction of sp³-hybridized carbons (Fsp3) is 0.636. The summed E-state index contributed by atoms with van der Waals surface area (Å²) in [5.41, 5.74) is 0. The van der Waals surface area contributed by atoms with Crippen LogP contribution in [0, 0.1) is 16.0 Å². The van der Waals surface area contributed by atoms with Gasteiger partial charge in [-0.1, -0.05) is 13.0 Å². The van der Waals surface area contributed by atoms with Crippen molar-refractivity contribution in [2.24, 2.45) is 5.92 Å². The molecule has 1 unspecified atom stereocenters. The molecule has 1 N–H and O–H groups in total. The van der Waals surface area contributed by atoms with Crippen molar-refractivity contribution in [3.8, 4) is 0 Å². The van der Waals surface area contributed by atoms with E-state index in [0.717, 1.165) is 4.88 Å². The fourth-order valence-corrected chi connectivity index (χ4v) is 3.40. The van der Waals surface area contributed by atoms with Crippen molar-refractivity contribution in [1.29, 1.82) is 0 Å². The zero-order valence-electron chi connectivity index (χ0n) is 9.65. The lowest BCUT2D eigenvalue weighted by atomic mass is 9.81. The molecule has 0 spiro atoms. The highest BCUT2D eigenvalue weighted by atomic mass is 32.1. The van der Waals surface area contributed by atoms with Crippen LogP contribution in [0.1, 0.15) is 24.6 Å². The molecule has 0 radical (unpaired) electrons. The summed E-state index contributed by atoms with van der Waals surface area (Å²) in [7, 11) is 0. The first-order valence-corrected chi connectivity index (χ1v) is 6.40. The maximum atomic E-state index is 11.2. The van der Waals surface area contributed by atoms with Gasteiger partial charge in [0.2, 0.25) is 6.04 Å². The second-order valence-electron chi connectivity index (χ2n) is 4.41. The highest BCUT2D eigenvalue weighted by molar-refractivity contribution is 7.10. The van der Waals surface area contributed by atoms with Gasteiger partial charge in [0.15, 0.2) is 6.29 Å². The van der Waals surface area contributed by atoms with E-state index in [1.165, 1.54) is 11.3 Å². The monoisotopic (exact) mass is 257 g/mol. The first kappa shape index (κ1) is 12.5. The number of rotatable bonds is 2. The van der Waals surface area contributed by atoms with E-state index in [0.29, 0.717) is 0 Å². The summed E-state index contributed by atoms with van der Waals surface area (Å²) in [5, 5.41) is 22.8. The first-order chi connectivity index (χ1) is 8.02. The SMILES string of the molecule is C[C@@H]1OC(O)[C@H](C)[C@@H](c2cccs2)[C@@H]1[N+](=O)[O-]. The highest BCUT2D eigenvalue weighted by Gasteiger charge is 2.49. The van der Waals surface area contributed by atoms with E-state index < -0.39 is 18.4 Å². The molecule has 17 heavy (non-hydrogen) atoms. The van der Waals surface area contributed by atoms with Gasteiger partial charge in [0.05, 0.1) is 5.92 Å². The third kappa shape index (κ3) is 2.20. The van der Waals surface area contributed by atoms with Crippen molar-refractivity contribution in [2.45, 2.75) is 38.2 Å². The van der Waals surface area contributed by atoms with Crippen LogP contribution in [0.3, 0.4) is 0 Å². The molecule has 1 fully saturated rings. The van der Waals surface area contributed by atoms with Crippen LogP contribution < -0.4 is 0 Å². The van der Waals surface area contributed by atoms with Crippen LogP contribution in [0.25, 0.3) is 0 Å². The van der Waals surface area contributed by atoms with E-state index in [1.807, 2.05) is 17.5 Å². The number of hydrogen-bond donors (Lipinski definition) is 1. The van der Waals surface area contributed by atoms with E-state index in [4.69, 9.17) is 4.74 Å². The average molecular weight is 257 g/mol. The third-order valence-corrected chi connectivity index (χ3v) is 4.31. The predicted octanol–water partition coefficient (Wildman–Crippen LogP) is 1.85. The number of nitrogens with zero attached hydrogens (tertiary/aromatic N) is 1. The Morgan fingerprint density at radius 3 is 2.76 bits per heavy atom. The van der Waals surface area contributed by atoms with Gasteiger partial charge in [0.25, 0.3) is 0 Å². The molecule has 1 aliphatic rings. The predicted molar refractivity (Wildman–Crippen MR) is 63.6 cm³/mol. The van der Waals surface area contributed by atoms with Crippen molar-refractivity contribution in [3.05, 3.63) is 32.5 Å². The van der Waals surface area contributed by atoms with Crippen molar-refractivity contribution in [2.75, 3.05) is 0 Å². The minimum atomic E-state index is -0.937. The minimum Gasteiger partial charge on any atom is -0.368 e. The molecule has 0 aliphatic carbocycles. The summed E-state index contributed by atoms with van der Waals surface area (Å²) in [6.45, 7) is 3.43. The van der Waals surface area contributed by atoms with Crippen molar-refractivity contribution < 1.29 is 14.8 Å². The van der Waals surface area contributed by atoms with E-state index >= 15 is 0 Å². The molecular weight excluding hydrogens is 242 g/mol. The molecule has 6 heteroatoms. The van der Waals surface area contributed by atoms with E-state index in [1.54, 1.807) is 13.8 Å². The van der Waals surface area contributed by atoms with Crippen LogP contribution in [-0.2, 0) is 4.74 Å². The Morgan fingerprint density at radius 2 is 2.24 bits per heavy atom. The largest absolute Gasteiger partial charge is 0.368 e. The van der Waals surface area contributed by atoms with Crippen molar-refractivity contribution in [1.82, 2.24) is 0 Å². The number of aliphatic hydroxyl groups excluding tert-OH is 1. The van der Waals surface area contributed by atoms with E-state index in [2.05, 4.69) is 0 Å². The van der Waals surface area contributed by atoms with Crippen LogP contribution in [0.4, 0.5) is 0 Å². The average Bonchev–Trinajstić information content (AvgIpc) is 2.75. The molecule has 5 atom stereocenters. The van der Waals surface area contributed by atoms with Gasteiger partial charge in [-0.2, -0.15) is 0 Å². The molecule has 5 nitrogen and oxygen atoms in total. The Kier molecular flexibility index (Phi) is 3.46. The normalized spacial score (nSPS) is 37.9. The summed E-state index contributed by atoms with van der Waals surface area (Å²) in [6, 6.07) is 2.95. The van der Waals surface area contributed by atoms with Crippen LogP contribution >= 0.6 is 11.3 Å². The second kappa shape index (κ2) is 4.72. The van der Waals surface area contributed by atoms with Crippen LogP contribution in [0.15, 0.2) is 17.5 Å². The number of hydrogen-bond acceptors (Lipinski definition) is 5. The van der Waals surface area contributed by atoms with Crippen LogP contribution in [0.5, 0.6) is 0 Å². The Hall–Kier alpha value is -0.980. The second-order valence-corrected chi connectivity index (χ2v) is 5.39. The number of nitro groups is 1. The molecule has 2 rings (SSSR count). The van der Waals surface area contributed by atoms with Gasteiger partial charge < -0.3 is 9.84 Å². The Labute approximate surface area is 103 Å². The number of aliphatic hydroxyl groups is 1. The Morgan fingerprint density at radius 1 is 1.53 bits per heavy atom. The summed E-state index contributed by atoms with van der Waals surface area (Å²) < 4.78 is 5.22. The maximum absolute atomic E-state index is 11.2. The lowest BCUT2D eigenvalue weighted by Crippen LogP contribution is -2.50. The molecule has 2 heterocycles. The number of ether oxygens (including phenoxy) is 1. The van der Waals surface area contributed by atoms with Crippen molar-refractivity contribution in [3.63, 3.8) is 0 Å². The molecule has 94 valence electrons. The lowest BCUT2D eigenvalue weighted by molar-refractivity contribution is -0.551. The van der Waals surface area contributed by atoms with Gasteiger partial charge in [0, 0.05) is 15.7 Å². The summed E-state index contributed by atoms with van der Waals surface area (Å²) in [5.74, 6) is -0.566. The summed E-state index contributed by atoms with van der Waals surface area (Å²) in [6.07, 6.45) is -1.52. The summed E-state index contributed by atoms with van der Waals surface area (Å²) in [4.78, 5) is 11.8. The molecule has 0 aromatic carbocycles. The fourth-order valence-electron chi connectivity index (χ4n) is 2.42. The maximum Gasteiger partial charge on any atom is 0.246 e. The van der Waals surface area contributed by atoms with Gasteiger partial charge in [-0.3, -0.25) is 10.1 Å². The van der Waals surface area contributed by atoms with E-state index in [-0.39, 0.29) is 16.8 Å². The van der Waals surface area contributed by atoms with E-state index in [9.17, 15) is 15.2 Å². The number of thiophene rings is 1. The van der Waals surface area contributed by atoms with Gasteiger partial charge in [0.1, 0.15) is 6.10 Å². The Bertz CT molecular complexity index is 394. The zero-order chi connectivity index (χ0) is 12.6. The quantitative estimate of drug-likeness (QED) is 0.648. The molecule has 0 bridgehead atoms. The molecule has 1 aromatic heterocycles. The van der Waals surface area contributed by atoms with Gasteiger partial charge in [-0.25, -0.2) is 0 Å². The molecule has 0 saturated carbocycles.